The zero-order chi connectivity index (χ0) is 43.5. The molecule has 1 aliphatic rings. The molecular formula is C64H46O. The lowest BCUT2D eigenvalue weighted by Crippen LogP contribution is -2.16. The number of hydrogen-bond donors (Lipinski definition) is 0. The van der Waals surface area contributed by atoms with Crippen LogP contribution < -0.4 is 0 Å². The fourth-order valence-corrected chi connectivity index (χ4v) is 10.5. The maximum absolute atomic E-state index is 6.18. The van der Waals surface area contributed by atoms with Crippen molar-refractivity contribution in [2.75, 3.05) is 0 Å². The second kappa shape index (κ2) is 15.7. The molecule has 0 N–H and O–H groups in total. The minimum absolute atomic E-state index is 0.0173. The normalized spacial score (nSPS) is 12.7. The predicted octanol–water partition coefficient (Wildman–Crippen LogP) is 17.4. The molecule has 1 nitrogen and oxygen atoms in total. The second-order valence-electron chi connectivity index (χ2n) is 18.0. The molecule has 12 rings (SSSR count). The van der Waals surface area contributed by atoms with E-state index in [9.17, 15) is 0 Å². The maximum atomic E-state index is 6.18. The van der Waals surface area contributed by atoms with E-state index in [0.717, 1.165) is 21.9 Å². The molecule has 65 heavy (non-hydrogen) atoms. The smallest absolute Gasteiger partial charge is 0.135 e. The van der Waals surface area contributed by atoms with Crippen LogP contribution in [0.5, 0.6) is 0 Å². The quantitative estimate of drug-likeness (QED) is 0.139. The van der Waals surface area contributed by atoms with Crippen molar-refractivity contribution in [3.8, 4) is 66.8 Å². The van der Waals surface area contributed by atoms with Crippen molar-refractivity contribution in [3.05, 3.63) is 264 Å². The Balaban J connectivity index is 0.943. The fraction of sp³-hybridized carbons (Fsp3) is 0.0625. The lowest BCUT2D eigenvalue weighted by atomic mass is 9.78. The molecule has 0 spiro atoms. The summed E-state index contributed by atoms with van der Waals surface area (Å²) in [5, 5.41) is 2.30. The lowest BCUT2D eigenvalue weighted by Gasteiger charge is -2.25. The third kappa shape index (κ3) is 6.71. The van der Waals surface area contributed by atoms with Gasteiger partial charge in [0.2, 0.25) is 0 Å². The van der Waals surface area contributed by atoms with E-state index < -0.39 is 0 Å². The van der Waals surface area contributed by atoms with E-state index in [-0.39, 0.29) is 11.3 Å². The number of para-hydroxylation sites is 1. The topological polar surface area (TPSA) is 13.1 Å². The molecule has 1 aromatic heterocycles. The number of hydrogen-bond acceptors (Lipinski definition) is 1. The lowest BCUT2D eigenvalue weighted by molar-refractivity contribution is 0.659. The van der Waals surface area contributed by atoms with Gasteiger partial charge in [-0.2, -0.15) is 0 Å². The summed E-state index contributed by atoms with van der Waals surface area (Å²) in [5.74, 6) is 0.0173. The van der Waals surface area contributed by atoms with E-state index in [1.54, 1.807) is 0 Å². The fourth-order valence-electron chi connectivity index (χ4n) is 10.5. The Labute approximate surface area is 380 Å². The van der Waals surface area contributed by atoms with E-state index >= 15 is 0 Å². The molecule has 0 atom stereocenters. The van der Waals surface area contributed by atoms with Gasteiger partial charge in [0, 0.05) is 22.1 Å². The summed E-state index contributed by atoms with van der Waals surface area (Å²) in [5.41, 5.74) is 23.0. The monoisotopic (exact) mass is 830 g/mol. The molecule has 1 heteroatoms. The molecule has 0 fully saturated rings. The number of fused-ring (bicyclic) bond motifs is 6. The van der Waals surface area contributed by atoms with Crippen molar-refractivity contribution in [1.82, 2.24) is 0 Å². The first-order valence-corrected chi connectivity index (χ1v) is 22.7. The molecule has 0 aliphatic heterocycles. The third-order valence-electron chi connectivity index (χ3n) is 13.9. The van der Waals surface area contributed by atoms with Gasteiger partial charge in [0.1, 0.15) is 11.2 Å². The summed E-state index contributed by atoms with van der Waals surface area (Å²) in [4.78, 5) is 0. The Morgan fingerprint density at radius 2 is 0.692 bits per heavy atom. The first-order valence-electron chi connectivity index (χ1n) is 22.7. The zero-order valence-electron chi connectivity index (χ0n) is 36.5. The van der Waals surface area contributed by atoms with Gasteiger partial charge in [0.25, 0.3) is 0 Å². The van der Waals surface area contributed by atoms with E-state index in [4.69, 9.17) is 4.42 Å². The maximum Gasteiger partial charge on any atom is 0.135 e. The summed E-state index contributed by atoms with van der Waals surface area (Å²) in [6, 6.07) is 86.8. The van der Waals surface area contributed by atoms with Crippen LogP contribution in [-0.4, -0.2) is 0 Å². The van der Waals surface area contributed by atoms with Gasteiger partial charge in [-0.3, -0.25) is 0 Å². The van der Waals surface area contributed by atoms with Crippen molar-refractivity contribution in [3.63, 3.8) is 0 Å². The molecule has 0 saturated carbocycles. The van der Waals surface area contributed by atoms with Gasteiger partial charge in [-0.05, 0) is 119 Å². The summed E-state index contributed by atoms with van der Waals surface area (Å²) in [6.07, 6.45) is 0. The van der Waals surface area contributed by atoms with Crippen LogP contribution in [0.25, 0.3) is 88.7 Å². The highest BCUT2D eigenvalue weighted by Gasteiger charge is 2.36. The molecular weight excluding hydrogens is 785 g/mol. The molecule has 10 aromatic carbocycles. The van der Waals surface area contributed by atoms with Gasteiger partial charge < -0.3 is 4.42 Å². The van der Waals surface area contributed by atoms with Crippen LogP contribution in [0.3, 0.4) is 0 Å². The Morgan fingerprint density at radius 1 is 0.292 bits per heavy atom. The van der Waals surface area contributed by atoms with Gasteiger partial charge in [-0.15, -0.1) is 0 Å². The van der Waals surface area contributed by atoms with Crippen LogP contribution in [0.1, 0.15) is 47.6 Å². The van der Waals surface area contributed by atoms with Crippen LogP contribution in [0.15, 0.2) is 241 Å². The molecule has 0 unspecified atom stereocenters. The second-order valence-corrected chi connectivity index (χ2v) is 18.0. The average molecular weight is 831 g/mol. The Hall–Kier alpha value is -8.00. The summed E-state index contributed by atoms with van der Waals surface area (Å²) >= 11 is 0. The molecule has 0 saturated heterocycles. The van der Waals surface area contributed by atoms with Crippen molar-refractivity contribution in [2.24, 2.45) is 0 Å². The van der Waals surface area contributed by atoms with Crippen molar-refractivity contribution >= 4 is 21.9 Å². The highest BCUT2D eigenvalue weighted by Crippen LogP contribution is 2.51. The minimum atomic E-state index is -0.205. The van der Waals surface area contributed by atoms with Crippen LogP contribution >= 0.6 is 0 Å². The van der Waals surface area contributed by atoms with Crippen LogP contribution in [0.2, 0.25) is 0 Å². The van der Waals surface area contributed by atoms with Gasteiger partial charge in [0.15, 0.2) is 0 Å². The highest BCUT2D eigenvalue weighted by molar-refractivity contribution is 6.06. The van der Waals surface area contributed by atoms with Crippen LogP contribution in [0.4, 0.5) is 0 Å². The van der Waals surface area contributed by atoms with Gasteiger partial charge >= 0.3 is 0 Å². The van der Waals surface area contributed by atoms with Gasteiger partial charge in [0.05, 0.1) is 0 Å². The third-order valence-corrected chi connectivity index (χ3v) is 13.9. The Bertz CT molecular complexity index is 3410. The minimum Gasteiger partial charge on any atom is -0.456 e. The molecule has 1 heterocycles. The SMILES string of the molecule is CC1(C)c2cc(-c3ccc4oc5ccccc5c4c3)ccc2-c2ccc(C(c3ccc(-c4ccccc4-c4ccccc4)cc3)c3ccc(-c4ccccc4-c4ccccc4)cc3)cc21. The number of furan rings is 1. The Morgan fingerprint density at radius 3 is 1.26 bits per heavy atom. The molecule has 1 aliphatic carbocycles. The molecule has 11 aromatic rings. The van der Waals surface area contributed by atoms with Gasteiger partial charge in [-0.1, -0.05) is 226 Å². The van der Waals surface area contributed by atoms with Crippen molar-refractivity contribution in [1.29, 1.82) is 0 Å². The highest BCUT2D eigenvalue weighted by atomic mass is 16.3. The standard InChI is InChI=1S/C64H46O/c1-64(2)59-40-49(48-35-38-62-58(39-48)57-23-13-14-24-61(57)65-62)33-36-55(59)56-37-34-50(41-60(56)64)63(46-29-25-44(26-30-46)53-21-11-9-19-51(53)42-15-5-3-6-16-42)47-31-27-45(28-32-47)54-22-12-10-20-52(54)43-17-7-4-8-18-43/h3-41,63H,1-2H3. The first-order chi connectivity index (χ1) is 32.0. The van der Waals surface area contributed by atoms with Crippen LogP contribution in [-0.2, 0) is 5.41 Å². The predicted molar refractivity (Wildman–Crippen MR) is 272 cm³/mol. The van der Waals surface area contributed by atoms with E-state index in [0.29, 0.717) is 0 Å². The molecule has 0 amide bonds. The van der Waals surface area contributed by atoms with Gasteiger partial charge in [-0.25, -0.2) is 0 Å². The van der Waals surface area contributed by atoms with E-state index in [1.165, 1.54) is 94.6 Å². The largest absolute Gasteiger partial charge is 0.456 e. The van der Waals surface area contributed by atoms with E-state index in [1.807, 2.05) is 12.1 Å². The number of benzene rings is 10. The molecule has 0 radical (unpaired) electrons. The zero-order valence-corrected chi connectivity index (χ0v) is 36.5. The first kappa shape index (κ1) is 38.7. The Kier molecular flexibility index (Phi) is 9.31. The van der Waals surface area contributed by atoms with E-state index in [2.05, 4.69) is 238 Å². The van der Waals surface area contributed by atoms with Crippen molar-refractivity contribution in [2.45, 2.75) is 25.2 Å². The van der Waals surface area contributed by atoms with Crippen molar-refractivity contribution < 1.29 is 4.42 Å². The molecule has 308 valence electrons. The summed E-state index contributed by atoms with van der Waals surface area (Å²) < 4.78 is 6.18. The summed E-state index contributed by atoms with van der Waals surface area (Å²) in [7, 11) is 0. The number of rotatable bonds is 8. The van der Waals surface area contributed by atoms with Crippen LogP contribution in [0, 0.1) is 0 Å². The summed E-state index contributed by atoms with van der Waals surface area (Å²) in [6.45, 7) is 4.79. The average Bonchev–Trinajstić information content (AvgIpc) is 3.85. The molecule has 0 bridgehead atoms.